The lowest BCUT2D eigenvalue weighted by Crippen LogP contribution is -2.55. The van der Waals surface area contributed by atoms with Gasteiger partial charge in [-0.25, -0.2) is 0 Å². The van der Waals surface area contributed by atoms with Gasteiger partial charge in [-0.1, -0.05) is 27.7 Å². The predicted molar refractivity (Wildman–Crippen MR) is 318 cm³/mol. The second kappa shape index (κ2) is 48.0. The minimum absolute atomic E-state index is 0.190. The van der Waals surface area contributed by atoms with Crippen molar-refractivity contribution in [2.24, 2.45) is 23.2 Å². The van der Waals surface area contributed by atoms with Crippen LogP contribution >= 0.6 is 0 Å². The molecule has 15 unspecified atom stereocenters. The molecule has 3 saturated heterocycles. The third-order valence-electron chi connectivity index (χ3n) is 16.6. The summed E-state index contributed by atoms with van der Waals surface area (Å²) in [5, 5.41) is 89.0. The number of unbranched alkanes of at least 4 members (excludes halogenated alkanes) is 6. The number of aliphatic hydroxyl groups excluding tert-OH is 9. The van der Waals surface area contributed by atoms with Crippen LogP contribution in [0.1, 0.15) is 169 Å². The summed E-state index contributed by atoms with van der Waals surface area (Å²) in [6.07, 6.45) is 2.62. The molecule has 0 aromatic rings. The van der Waals surface area contributed by atoms with E-state index in [4.69, 9.17) is 56.8 Å². The molecule has 0 amide bonds. The van der Waals surface area contributed by atoms with Gasteiger partial charge in [0.25, 0.3) is 0 Å². The summed E-state index contributed by atoms with van der Waals surface area (Å²) in [6, 6.07) is 0. The second-order valence-corrected chi connectivity index (χ2v) is 24.1. The van der Waals surface area contributed by atoms with Gasteiger partial charge in [0, 0.05) is 141 Å². The van der Waals surface area contributed by atoms with Crippen molar-refractivity contribution in [2.45, 2.75) is 243 Å². The lowest BCUT2D eigenvalue weighted by molar-refractivity contribution is -0.282. The first-order chi connectivity index (χ1) is 42.0. The van der Waals surface area contributed by atoms with Crippen LogP contribution in [-0.4, -0.2) is 256 Å². The summed E-state index contributed by atoms with van der Waals surface area (Å²) < 4.78 is 70.2. The highest BCUT2D eigenvalue weighted by atomic mass is 16.7. The van der Waals surface area contributed by atoms with Crippen molar-refractivity contribution in [2.75, 3.05) is 119 Å². The number of ether oxygens (including phenoxy) is 12. The molecule has 3 heterocycles. The maximum atomic E-state index is 12.5. The van der Waals surface area contributed by atoms with E-state index in [2.05, 4.69) is 6.92 Å². The number of hydrogen-bond donors (Lipinski definition) is 9. The highest BCUT2D eigenvalue weighted by Crippen LogP contribution is 2.30. The largest absolute Gasteiger partial charge is 0.394 e. The molecule has 0 bridgehead atoms. The van der Waals surface area contributed by atoms with Crippen molar-refractivity contribution in [1.29, 1.82) is 0 Å². The van der Waals surface area contributed by atoms with Gasteiger partial charge in [0.2, 0.25) is 0 Å². The Labute approximate surface area is 517 Å². The normalized spacial score (nSPS) is 28.4. The molecule has 9 N–H and O–H groups in total. The van der Waals surface area contributed by atoms with E-state index in [-0.39, 0.29) is 22.8 Å². The van der Waals surface area contributed by atoms with E-state index in [1.165, 1.54) is 0 Å². The summed E-state index contributed by atoms with van der Waals surface area (Å²) >= 11 is 0. The Kier molecular flexibility index (Phi) is 43.8. The van der Waals surface area contributed by atoms with Crippen LogP contribution in [0.2, 0.25) is 0 Å². The lowest BCUT2D eigenvalue weighted by atomic mass is 9.88. The monoisotopic (exact) mass is 1260 g/mol. The van der Waals surface area contributed by atoms with Crippen LogP contribution in [0.15, 0.2) is 0 Å². The van der Waals surface area contributed by atoms with Crippen LogP contribution in [0.25, 0.3) is 0 Å². The number of Topliss-reactive ketones (excluding diaryl/α,β-unsaturated/α-hetero) is 3. The van der Waals surface area contributed by atoms with Gasteiger partial charge >= 0.3 is 0 Å². The average Bonchev–Trinajstić information content (AvgIpc) is 2.98. The molecule has 512 valence electrons. The van der Waals surface area contributed by atoms with Crippen molar-refractivity contribution < 1.29 is 117 Å². The molecule has 3 aliphatic rings. The average molecular weight is 1260 g/mol. The Morgan fingerprint density at radius 1 is 0.333 bits per heavy atom. The highest BCUT2D eigenvalue weighted by Gasteiger charge is 2.44. The van der Waals surface area contributed by atoms with Gasteiger partial charge < -0.3 is 103 Å². The van der Waals surface area contributed by atoms with Gasteiger partial charge in [0.15, 0.2) is 18.9 Å². The van der Waals surface area contributed by atoms with E-state index in [1.54, 1.807) is 20.8 Å². The fraction of sp³-hybridized carbons (Fsp3) is 0.952. The van der Waals surface area contributed by atoms with Gasteiger partial charge in [-0.15, -0.1) is 0 Å². The number of aliphatic hydroxyl groups is 9. The molecule has 87 heavy (non-hydrogen) atoms. The number of carbonyl (C=O) groups excluding carboxylic acids is 3. The summed E-state index contributed by atoms with van der Waals surface area (Å²) in [4.78, 5) is 37.4. The van der Waals surface area contributed by atoms with Gasteiger partial charge in [-0.2, -0.15) is 0 Å². The zero-order valence-corrected chi connectivity index (χ0v) is 53.1. The third-order valence-corrected chi connectivity index (χ3v) is 16.6. The highest BCUT2D eigenvalue weighted by molar-refractivity contribution is 5.79. The maximum absolute atomic E-state index is 12.5. The number of carbonyl (C=O) groups is 3. The Hall–Kier alpha value is -1.83. The quantitative estimate of drug-likeness (QED) is 0.0392. The van der Waals surface area contributed by atoms with Crippen molar-refractivity contribution in [3.8, 4) is 0 Å². The predicted octanol–water partition coefficient (Wildman–Crippen LogP) is 3.66. The van der Waals surface area contributed by atoms with Gasteiger partial charge in [0.1, 0.15) is 54.0 Å². The van der Waals surface area contributed by atoms with Crippen LogP contribution < -0.4 is 0 Å². The number of rotatable bonds is 55. The van der Waals surface area contributed by atoms with Gasteiger partial charge in [-0.05, 0) is 103 Å². The molecule has 24 heteroatoms. The maximum Gasteiger partial charge on any atom is 0.163 e. The van der Waals surface area contributed by atoms with E-state index in [0.717, 1.165) is 44.9 Å². The molecule has 3 rings (SSSR count). The molecule has 3 aliphatic heterocycles. The molecule has 3 fully saturated rings. The molecule has 0 aromatic carbocycles. The molecular formula is C63H116O24. The SMILES string of the molecule is CCC(COCCCOCCCCC(=O)CCCCOC1OC(CO)C(O)C(O)C1C)(COCCCOCCCCC(=O)CCCCOC1OC(CO)C(O)C(O)C1C)COCCCOCCCCC(=O)CCCCOC1OC(CO)C(O)C(O)C1C. The smallest absolute Gasteiger partial charge is 0.163 e. The van der Waals surface area contributed by atoms with Crippen LogP contribution in [0, 0.1) is 23.2 Å². The molecule has 0 saturated carbocycles. The van der Waals surface area contributed by atoms with E-state index in [0.29, 0.717) is 195 Å². The molecule has 0 spiro atoms. The van der Waals surface area contributed by atoms with Crippen molar-refractivity contribution >= 4 is 17.3 Å². The van der Waals surface area contributed by atoms with E-state index in [9.17, 15) is 60.3 Å². The summed E-state index contributed by atoms with van der Waals surface area (Å²) in [6.45, 7) is 13.2. The van der Waals surface area contributed by atoms with E-state index in [1.807, 2.05) is 0 Å². The Morgan fingerprint density at radius 3 is 0.805 bits per heavy atom. The Balaban J connectivity index is 1.25. The van der Waals surface area contributed by atoms with Crippen molar-refractivity contribution in [3.63, 3.8) is 0 Å². The molecule has 24 nitrogen and oxygen atoms in total. The van der Waals surface area contributed by atoms with Crippen LogP contribution in [0.5, 0.6) is 0 Å². The topological polar surface area (TPSA) is 344 Å². The van der Waals surface area contributed by atoms with E-state index >= 15 is 0 Å². The minimum Gasteiger partial charge on any atom is -0.394 e. The fourth-order valence-corrected chi connectivity index (χ4v) is 10.4. The first kappa shape index (κ1) is 79.4. The Bertz CT molecular complexity index is 1540. The van der Waals surface area contributed by atoms with Crippen LogP contribution in [0.4, 0.5) is 0 Å². The summed E-state index contributed by atoms with van der Waals surface area (Å²) in [5.74, 6) is -0.791. The van der Waals surface area contributed by atoms with Crippen LogP contribution in [0.3, 0.4) is 0 Å². The lowest BCUT2D eigenvalue weighted by Gasteiger charge is -2.40. The molecule has 0 radical (unpaired) electrons. The zero-order valence-electron chi connectivity index (χ0n) is 53.1. The van der Waals surface area contributed by atoms with Crippen molar-refractivity contribution in [1.82, 2.24) is 0 Å². The third kappa shape index (κ3) is 32.0. The Morgan fingerprint density at radius 2 is 0.563 bits per heavy atom. The number of ketones is 3. The van der Waals surface area contributed by atoms with Crippen molar-refractivity contribution in [3.05, 3.63) is 0 Å². The summed E-state index contributed by atoms with van der Waals surface area (Å²) in [5.41, 5.74) is -0.373. The fourth-order valence-electron chi connectivity index (χ4n) is 10.4. The van der Waals surface area contributed by atoms with Gasteiger partial charge in [-0.3, -0.25) is 14.4 Å². The first-order valence-corrected chi connectivity index (χ1v) is 32.8. The first-order valence-electron chi connectivity index (χ1n) is 32.8. The molecule has 0 aliphatic carbocycles. The molecular weight excluding hydrogens is 1140 g/mol. The molecule has 0 aromatic heterocycles. The molecule has 15 atom stereocenters. The van der Waals surface area contributed by atoms with E-state index < -0.39 is 111 Å². The summed E-state index contributed by atoms with van der Waals surface area (Å²) in [7, 11) is 0. The van der Waals surface area contributed by atoms with Gasteiger partial charge in [0.05, 0.1) is 58.0 Å². The zero-order chi connectivity index (χ0) is 63.7. The van der Waals surface area contributed by atoms with Crippen LogP contribution in [-0.2, 0) is 71.2 Å². The minimum atomic E-state index is -1.17. The standard InChI is InChI=1S/C63H116O24/c1-5-63(42-79-33-18-30-76-27-12-6-21-48(67)24-9-15-36-82-60-45(2)54(70)57(73)51(39-64)85-60,43-80-34-19-31-77-28-13-7-22-49(68)25-10-16-37-83-61-46(3)55(71)58(74)52(40-65)86-61)44-81-35-20-32-78-29-14-8-23-50(69)26-11-17-38-84-62-47(4)56(72)59(75)53(41-66)87-62/h45-47,51-62,64-66,70-75H,5-44H2,1-4H3. The second-order valence-electron chi connectivity index (χ2n) is 24.1. The number of hydrogen-bond acceptors (Lipinski definition) is 24.